The third-order valence-electron chi connectivity index (χ3n) is 6.29. The molecule has 1 spiro atoms. The Morgan fingerprint density at radius 1 is 1.14 bits per heavy atom. The van der Waals surface area contributed by atoms with Crippen LogP contribution in [0.25, 0.3) is 0 Å². The summed E-state index contributed by atoms with van der Waals surface area (Å²) in [5.74, 6) is -1.73. The monoisotopic (exact) mass is 528 g/mol. The summed E-state index contributed by atoms with van der Waals surface area (Å²) in [5.41, 5.74) is 0.927. The summed E-state index contributed by atoms with van der Waals surface area (Å²) >= 11 is 1.82. The molecule has 11 heteroatoms. The molecule has 2 saturated heterocycles. The Morgan fingerprint density at radius 3 is 2.47 bits per heavy atom. The van der Waals surface area contributed by atoms with E-state index >= 15 is 0 Å². The number of nitrogens with zero attached hydrogens (tertiary/aromatic N) is 2. The Balaban J connectivity index is 0.000000454. The van der Waals surface area contributed by atoms with Crippen LogP contribution in [-0.4, -0.2) is 78.5 Å². The zero-order valence-corrected chi connectivity index (χ0v) is 20.9. The van der Waals surface area contributed by atoms with Gasteiger partial charge in [-0.15, -0.1) is 11.3 Å². The second-order valence-electron chi connectivity index (χ2n) is 8.88. The summed E-state index contributed by atoms with van der Waals surface area (Å²) in [5, 5.41) is 9.27. The highest BCUT2D eigenvalue weighted by molar-refractivity contribution is 7.09. The molecule has 1 aromatic carbocycles. The Kier molecular flexibility index (Phi) is 9.75. The number of hydrogen-bond donors (Lipinski definition) is 1. The molecule has 2 fully saturated rings. The fourth-order valence-electron chi connectivity index (χ4n) is 4.43. The molecule has 1 atom stereocenters. The molecule has 0 saturated carbocycles. The van der Waals surface area contributed by atoms with Gasteiger partial charge in [-0.3, -0.25) is 9.69 Å². The van der Waals surface area contributed by atoms with Gasteiger partial charge < -0.3 is 19.5 Å². The van der Waals surface area contributed by atoms with Crippen molar-refractivity contribution in [3.8, 4) is 5.75 Å². The SMILES string of the molecule is COc1ccc(CC(=O)N2CCCC3(CC2)CN(Cc2cccs2)CCO3)cc1.O=C(O)C(F)(F)F. The number of carboxylic acids is 1. The molecule has 4 rings (SSSR count). The lowest BCUT2D eigenvalue weighted by Crippen LogP contribution is -2.51. The molecule has 1 aromatic heterocycles. The highest BCUT2D eigenvalue weighted by Crippen LogP contribution is 2.31. The number of benzene rings is 1. The first-order chi connectivity index (χ1) is 17.1. The van der Waals surface area contributed by atoms with E-state index in [0.29, 0.717) is 6.42 Å². The molecule has 7 nitrogen and oxygen atoms in total. The van der Waals surface area contributed by atoms with Gasteiger partial charge in [0.2, 0.25) is 5.91 Å². The van der Waals surface area contributed by atoms with E-state index in [2.05, 4.69) is 22.4 Å². The first kappa shape index (κ1) is 27.9. The molecule has 1 N–H and O–H groups in total. The lowest BCUT2D eigenvalue weighted by molar-refractivity contribution is -0.192. The molecule has 2 aromatic rings. The zero-order valence-electron chi connectivity index (χ0n) is 20.1. The number of carboxylic acid groups (broad SMARTS) is 1. The topological polar surface area (TPSA) is 79.3 Å². The molecular formula is C25H31F3N2O5S. The number of morpholine rings is 1. The second-order valence-corrected chi connectivity index (χ2v) is 9.92. The highest BCUT2D eigenvalue weighted by Gasteiger charge is 2.39. The fraction of sp³-hybridized carbons (Fsp3) is 0.520. The van der Waals surface area contributed by atoms with Crippen molar-refractivity contribution >= 4 is 23.2 Å². The Labute approximate surface area is 212 Å². The number of aliphatic carboxylic acids is 1. The smallest absolute Gasteiger partial charge is 0.490 e. The van der Waals surface area contributed by atoms with Crippen LogP contribution in [0.2, 0.25) is 0 Å². The number of carbonyl (C=O) groups is 2. The number of carbonyl (C=O) groups excluding carboxylic acids is 1. The van der Waals surface area contributed by atoms with E-state index in [9.17, 15) is 18.0 Å². The summed E-state index contributed by atoms with van der Waals surface area (Å²) < 4.78 is 43.3. The summed E-state index contributed by atoms with van der Waals surface area (Å²) in [7, 11) is 1.65. The van der Waals surface area contributed by atoms with E-state index in [1.807, 2.05) is 40.5 Å². The van der Waals surface area contributed by atoms with Gasteiger partial charge in [0.1, 0.15) is 5.75 Å². The number of hydrogen-bond acceptors (Lipinski definition) is 6. The van der Waals surface area contributed by atoms with Crippen LogP contribution < -0.4 is 4.74 Å². The van der Waals surface area contributed by atoms with Crippen LogP contribution in [0.15, 0.2) is 41.8 Å². The van der Waals surface area contributed by atoms with Crippen molar-refractivity contribution in [2.75, 3.05) is 39.9 Å². The van der Waals surface area contributed by atoms with Gasteiger partial charge in [-0.2, -0.15) is 13.2 Å². The van der Waals surface area contributed by atoms with Crippen molar-refractivity contribution in [2.45, 2.75) is 44.0 Å². The minimum atomic E-state index is -5.08. The average molecular weight is 529 g/mol. The van der Waals surface area contributed by atoms with Gasteiger partial charge in [-0.1, -0.05) is 18.2 Å². The van der Waals surface area contributed by atoms with E-state index in [-0.39, 0.29) is 11.5 Å². The van der Waals surface area contributed by atoms with Gasteiger partial charge in [0, 0.05) is 37.6 Å². The lowest BCUT2D eigenvalue weighted by atomic mass is 9.92. The largest absolute Gasteiger partial charge is 0.497 e. The Morgan fingerprint density at radius 2 is 1.86 bits per heavy atom. The third kappa shape index (κ3) is 8.21. The summed E-state index contributed by atoms with van der Waals surface area (Å²) in [6, 6.07) is 12.1. The number of halogens is 3. The molecule has 2 aliphatic rings. The average Bonchev–Trinajstić information content (AvgIpc) is 3.26. The molecule has 0 radical (unpaired) electrons. The Hall–Kier alpha value is -2.63. The van der Waals surface area contributed by atoms with E-state index in [4.69, 9.17) is 19.4 Å². The lowest BCUT2D eigenvalue weighted by Gasteiger charge is -2.42. The molecule has 3 heterocycles. The number of likely N-dealkylation sites (tertiary alicyclic amines) is 1. The maximum absolute atomic E-state index is 12.9. The number of methoxy groups -OCH3 is 1. The number of amides is 1. The maximum atomic E-state index is 12.9. The van der Waals surface area contributed by atoms with Crippen molar-refractivity contribution in [3.05, 3.63) is 52.2 Å². The maximum Gasteiger partial charge on any atom is 0.490 e. The normalized spacial score (nSPS) is 20.8. The van der Waals surface area contributed by atoms with Crippen LogP contribution in [-0.2, 0) is 27.3 Å². The van der Waals surface area contributed by atoms with Crippen LogP contribution in [0.5, 0.6) is 5.75 Å². The summed E-state index contributed by atoms with van der Waals surface area (Å²) in [6.07, 6.45) is -1.69. The first-order valence-electron chi connectivity index (χ1n) is 11.7. The van der Waals surface area contributed by atoms with E-state index in [0.717, 1.165) is 69.9 Å². The van der Waals surface area contributed by atoms with Crippen LogP contribution in [0.4, 0.5) is 13.2 Å². The molecule has 0 aliphatic carbocycles. The zero-order chi connectivity index (χ0) is 26.2. The van der Waals surface area contributed by atoms with Crippen LogP contribution in [0.1, 0.15) is 29.7 Å². The van der Waals surface area contributed by atoms with Gasteiger partial charge in [-0.25, -0.2) is 4.79 Å². The minimum Gasteiger partial charge on any atom is -0.497 e. The molecule has 36 heavy (non-hydrogen) atoms. The van der Waals surface area contributed by atoms with Gasteiger partial charge >= 0.3 is 12.1 Å². The molecule has 2 aliphatic heterocycles. The van der Waals surface area contributed by atoms with Crippen LogP contribution >= 0.6 is 11.3 Å². The molecule has 198 valence electrons. The van der Waals surface area contributed by atoms with Crippen LogP contribution in [0.3, 0.4) is 0 Å². The van der Waals surface area contributed by atoms with E-state index < -0.39 is 12.1 Å². The van der Waals surface area contributed by atoms with Crippen molar-refractivity contribution in [2.24, 2.45) is 0 Å². The minimum absolute atomic E-state index is 0.106. The highest BCUT2D eigenvalue weighted by atomic mass is 32.1. The van der Waals surface area contributed by atoms with Gasteiger partial charge in [0.25, 0.3) is 0 Å². The number of alkyl halides is 3. The molecule has 1 amide bonds. The van der Waals surface area contributed by atoms with Crippen molar-refractivity contribution in [1.82, 2.24) is 9.80 Å². The van der Waals surface area contributed by atoms with Crippen LogP contribution in [0, 0.1) is 0 Å². The standard InChI is InChI=1S/C23H30N2O3S.C2HF3O2/c1-27-20-7-5-19(6-8-20)16-22(26)25-11-3-9-23(10-12-25)18-24(13-14-28-23)17-21-4-2-15-29-21;3-2(4,5)1(6)7/h2,4-8,15H,3,9-14,16-18H2,1H3;(H,6,7). The quantitative estimate of drug-likeness (QED) is 0.626. The van der Waals surface area contributed by atoms with Crippen molar-refractivity contribution in [1.29, 1.82) is 0 Å². The van der Waals surface area contributed by atoms with E-state index in [1.165, 1.54) is 4.88 Å². The Bertz CT molecular complexity index is 985. The van der Waals surface area contributed by atoms with Crippen molar-refractivity contribution < 1.29 is 37.3 Å². The summed E-state index contributed by atoms with van der Waals surface area (Å²) in [6.45, 7) is 5.34. The van der Waals surface area contributed by atoms with Gasteiger partial charge in [0.05, 0.1) is 25.7 Å². The molecule has 1 unspecified atom stereocenters. The number of ether oxygens (including phenoxy) is 2. The summed E-state index contributed by atoms with van der Waals surface area (Å²) in [4.78, 5) is 27.7. The second kappa shape index (κ2) is 12.6. The van der Waals surface area contributed by atoms with Gasteiger partial charge in [0.15, 0.2) is 0 Å². The predicted molar refractivity (Wildman–Crippen MR) is 129 cm³/mol. The van der Waals surface area contributed by atoms with Gasteiger partial charge in [-0.05, 0) is 48.4 Å². The number of rotatable bonds is 5. The third-order valence-corrected chi connectivity index (χ3v) is 7.16. The predicted octanol–water partition coefficient (Wildman–Crippen LogP) is 4.22. The molecular weight excluding hydrogens is 497 g/mol. The fourth-order valence-corrected chi connectivity index (χ4v) is 5.18. The first-order valence-corrected chi connectivity index (χ1v) is 12.6. The molecule has 0 bridgehead atoms. The van der Waals surface area contributed by atoms with Crippen molar-refractivity contribution in [3.63, 3.8) is 0 Å². The van der Waals surface area contributed by atoms with E-state index in [1.54, 1.807) is 7.11 Å². The number of thiophene rings is 1.